The molecule has 3 aromatic rings. The highest BCUT2D eigenvalue weighted by Gasteiger charge is 2.40. The molecule has 0 fully saturated rings. The van der Waals surface area contributed by atoms with Gasteiger partial charge in [-0.25, -0.2) is 4.90 Å². The molecule has 168 valence electrons. The van der Waals surface area contributed by atoms with Crippen molar-refractivity contribution in [3.8, 4) is 5.75 Å². The van der Waals surface area contributed by atoms with Crippen molar-refractivity contribution in [3.05, 3.63) is 95.7 Å². The minimum atomic E-state index is -4.84. The molecule has 0 bridgehead atoms. The topological polar surface area (TPSA) is 58.6 Å². The van der Waals surface area contributed by atoms with Crippen LogP contribution in [0.1, 0.15) is 18.1 Å². The first kappa shape index (κ1) is 22.1. The number of halogens is 3. The van der Waals surface area contributed by atoms with Gasteiger partial charge in [0.2, 0.25) is 0 Å². The summed E-state index contributed by atoms with van der Waals surface area (Å²) in [7, 11) is 0. The predicted molar refractivity (Wildman–Crippen MR) is 118 cm³/mol. The fraction of sp³-hybridized carbons (Fsp3) is 0.120. The van der Waals surface area contributed by atoms with E-state index in [1.807, 2.05) is 31.2 Å². The van der Waals surface area contributed by atoms with E-state index in [0.29, 0.717) is 11.3 Å². The Bertz CT molecular complexity index is 1200. The van der Waals surface area contributed by atoms with Crippen molar-refractivity contribution in [2.75, 3.05) is 10.2 Å². The maximum atomic E-state index is 13.3. The molecule has 3 aromatic carbocycles. The molecule has 33 heavy (non-hydrogen) atoms. The molecular weight excluding hydrogens is 433 g/mol. The average molecular weight is 452 g/mol. The van der Waals surface area contributed by atoms with Gasteiger partial charge in [-0.2, -0.15) is 0 Å². The van der Waals surface area contributed by atoms with Crippen molar-refractivity contribution in [2.24, 2.45) is 0 Å². The van der Waals surface area contributed by atoms with Gasteiger partial charge in [-0.15, -0.1) is 13.2 Å². The molecule has 1 aliphatic heterocycles. The molecular formula is C25H19F3N2O3. The van der Waals surface area contributed by atoms with Gasteiger partial charge < -0.3 is 10.1 Å². The van der Waals surface area contributed by atoms with Gasteiger partial charge in [-0.3, -0.25) is 9.59 Å². The highest BCUT2D eigenvalue weighted by atomic mass is 19.4. The molecule has 1 N–H and O–H groups in total. The summed E-state index contributed by atoms with van der Waals surface area (Å²) in [6.45, 7) is 2.03. The monoisotopic (exact) mass is 452 g/mol. The van der Waals surface area contributed by atoms with E-state index in [-0.39, 0.29) is 17.0 Å². The summed E-state index contributed by atoms with van der Waals surface area (Å²) in [6.07, 6.45) is -3.98. The number of aryl methyl sites for hydroxylation is 1. The number of alkyl halides is 3. The van der Waals surface area contributed by atoms with Gasteiger partial charge in [0.15, 0.2) is 0 Å². The average Bonchev–Trinajstić information content (AvgIpc) is 3.04. The number of benzene rings is 3. The van der Waals surface area contributed by atoms with E-state index in [0.717, 1.165) is 29.0 Å². The number of anilines is 2. The number of rotatable bonds is 6. The summed E-state index contributed by atoms with van der Waals surface area (Å²) in [5, 5.41) is 3.06. The first-order valence-corrected chi connectivity index (χ1v) is 10.2. The number of carbonyl (C=O) groups is 2. The van der Waals surface area contributed by atoms with E-state index in [4.69, 9.17) is 0 Å². The first-order valence-electron chi connectivity index (χ1n) is 10.2. The standard InChI is InChI=1S/C25H19F3N2O3/c1-2-16-8-10-18(11-9-16)29-22-21(17-6-4-3-5-7-17)23(31)30(24(22)32)19-12-14-20(15-13-19)33-25(26,27)28/h3-15,29H,2H2,1H3. The van der Waals surface area contributed by atoms with Crippen molar-refractivity contribution >= 4 is 28.8 Å². The van der Waals surface area contributed by atoms with Gasteiger partial charge in [0.1, 0.15) is 11.4 Å². The van der Waals surface area contributed by atoms with Crippen molar-refractivity contribution in [1.82, 2.24) is 0 Å². The number of carbonyl (C=O) groups excluding carboxylic acids is 2. The first-order chi connectivity index (χ1) is 15.8. The lowest BCUT2D eigenvalue weighted by Gasteiger charge is -2.16. The van der Waals surface area contributed by atoms with E-state index in [1.54, 1.807) is 30.3 Å². The summed E-state index contributed by atoms with van der Waals surface area (Å²) in [5.74, 6) is -1.64. The van der Waals surface area contributed by atoms with Crippen LogP contribution in [0.25, 0.3) is 5.57 Å². The van der Waals surface area contributed by atoms with Gasteiger partial charge in [0, 0.05) is 5.69 Å². The molecule has 0 radical (unpaired) electrons. The van der Waals surface area contributed by atoms with Crippen LogP contribution < -0.4 is 15.0 Å². The second-order valence-corrected chi connectivity index (χ2v) is 7.28. The van der Waals surface area contributed by atoms with E-state index < -0.39 is 23.9 Å². The number of nitrogens with zero attached hydrogens (tertiary/aromatic N) is 1. The highest BCUT2D eigenvalue weighted by Crippen LogP contribution is 2.35. The highest BCUT2D eigenvalue weighted by molar-refractivity contribution is 6.46. The number of ether oxygens (including phenoxy) is 1. The number of nitrogens with one attached hydrogen (secondary N) is 1. The van der Waals surface area contributed by atoms with Crippen LogP contribution in [0, 0.1) is 0 Å². The Morgan fingerprint density at radius 3 is 2.06 bits per heavy atom. The lowest BCUT2D eigenvalue weighted by atomic mass is 10.0. The minimum absolute atomic E-state index is 0.0890. The van der Waals surface area contributed by atoms with Crippen LogP contribution in [0.2, 0.25) is 0 Å². The Hall–Kier alpha value is -4.07. The minimum Gasteiger partial charge on any atom is -0.406 e. The van der Waals surface area contributed by atoms with Crippen LogP contribution in [-0.4, -0.2) is 18.2 Å². The van der Waals surface area contributed by atoms with Gasteiger partial charge in [0.05, 0.1) is 11.3 Å². The normalized spacial score (nSPS) is 14.1. The summed E-state index contributed by atoms with van der Waals surface area (Å²) < 4.78 is 41.2. The zero-order valence-corrected chi connectivity index (χ0v) is 17.5. The lowest BCUT2D eigenvalue weighted by Crippen LogP contribution is -2.32. The number of amides is 2. The fourth-order valence-corrected chi connectivity index (χ4v) is 3.52. The van der Waals surface area contributed by atoms with E-state index in [1.165, 1.54) is 12.1 Å². The molecule has 1 heterocycles. The lowest BCUT2D eigenvalue weighted by molar-refractivity contribution is -0.274. The van der Waals surface area contributed by atoms with Crippen molar-refractivity contribution in [3.63, 3.8) is 0 Å². The molecule has 0 atom stereocenters. The Morgan fingerprint density at radius 2 is 1.48 bits per heavy atom. The zero-order chi connectivity index (χ0) is 23.6. The second-order valence-electron chi connectivity index (χ2n) is 7.28. The second kappa shape index (κ2) is 8.82. The molecule has 8 heteroatoms. The number of imide groups is 1. The van der Waals surface area contributed by atoms with Gasteiger partial charge >= 0.3 is 6.36 Å². The Morgan fingerprint density at radius 1 is 0.848 bits per heavy atom. The molecule has 1 aliphatic rings. The van der Waals surface area contributed by atoms with Crippen LogP contribution in [-0.2, 0) is 16.0 Å². The van der Waals surface area contributed by atoms with E-state index in [9.17, 15) is 22.8 Å². The van der Waals surface area contributed by atoms with Crippen LogP contribution in [0.5, 0.6) is 5.75 Å². The van der Waals surface area contributed by atoms with Crippen LogP contribution in [0.3, 0.4) is 0 Å². The molecule has 2 amide bonds. The smallest absolute Gasteiger partial charge is 0.406 e. The third-order valence-corrected chi connectivity index (χ3v) is 5.11. The zero-order valence-electron chi connectivity index (χ0n) is 17.5. The Balaban J connectivity index is 1.70. The molecule has 0 spiro atoms. The molecule has 4 rings (SSSR count). The predicted octanol–water partition coefficient (Wildman–Crippen LogP) is 5.54. The fourth-order valence-electron chi connectivity index (χ4n) is 3.52. The van der Waals surface area contributed by atoms with Crippen LogP contribution in [0.15, 0.2) is 84.6 Å². The number of hydrogen-bond donors (Lipinski definition) is 1. The SMILES string of the molecule is CCc1ccc(NC2=C(c3ccccc3)C(=O)N(c3ccc(OC(F)(F)F)cc3)C2=O)cc1. The quantitative estimate of drug-likeness (QED) is 0.499. The molecule has 5 nitrogen and oxygen atoms in total. The number of hydrogen-bond acceptors (Lipinski definition) is 4. The maximum Gasteiger partial charge on any atom is 0.573 e. The molecule has 0 aromatic heterocycles. The third kappa shape index (κ3) is 4.74. The van der Waals surface area contributed by atoms with Gasteiger partial charge in [-0.05, 0) is 53.9 Å². The van der Waals surface area contributed by atoms with E-state index >= 15 is 0 Å². The van der Waals surface area contributed by atoms with Crippen molar-refractivity contribution < 1.29 is 27.5 Å². The van der Waals surface area contributed by atoms with Gasteiger partial charge in [-0.1, -0.05) is 49.4 Å². The summed E-state index contributed by atoms with van der Waals surface area (Å²) >= 11 is 0. The molecule has 0 unspecified atom stereocenters. The maximum absolute atomic E-state index is 13.3. The third-order valence-electron chi connectivity index (χ3n) is 5.11. The molecule has 0 aliphatic carbocycles. The summed E-state index contributed by atoms with van der Waals surface area (Å²) in [5.41, 5.74) is 2.69. The van der Waals surface area contributed by atoms with Crippen molar-refractivity contribution in [2.45, 2.75) is 19.7 Å². The Labute approximate surface area is 188 Å². The largest absolute Gasteiger partial charge is 0.573 e. The van der Waals surface area contributed by atoms with E-state index in [2.05, 4.69) is 10.1 Å². The van der Waals surface area contributed by atoms with Crippen molar-refractivity contribution in [1.29, 1.82) is 0 Å². The molecule has 0 saturated heterocycles. The summed E-state index contributed by atoms with van der Waals surface area (Å²) in [6, 6.07) is 20.8. The van der Waals surface area contributed by atoms with Crippen LogP contribution >= 0.6 is 0 Å². The van der Waals surface area contributed by atoms with Crippen LogP contribution in [0.4, 0.5) is 24.5 Å². The Kier molecular flexibility index (Phi) is 5.91. The van der Waals surface area contributed by atoms with Gasteiger partial charge in [0.25, 0.3) is 11.8 Å². The molecule has 0 saturated carbocycles. The summed E-state index contributed by atoms with van der Waals surface area (Å²) in [4.78, 5) is 27.6.